The largest absolute Gasteiger partial charge is 2.00 e. The Morgan fingerprint density at radius 2 is 0.299 bits per heavy atom. The van der Waals surface area contributed by atoms with Crippen molar-refractivity contribution in [1.82, 2.24) is 0 Å². The van der Waals surface area contributed by atoms with Crippen molar-refractivity contribution in [2.75, 3.05) is 0 Å². The first kappa shape index (κ1) is 81.3. The van der Waals surface area contributed by atoms with Crippen molar-refractivity contribution >= 4 is 110 Å². The number of phenolic OH excluding ortho intramolecular Hbond substituents is 21. The molecule has 0 aromatic heterocycles. The third kappa shape index (κ3) is 24.7. The van der Waals surface area contributed by atoms with Crippen molar-refractivity contribution in [2.24, 2.45) is 0 Å². The van der Waals surface area contributed by atoms with E-state index in [9.17, 15) is 54.0 Å². The Labute approximate surface area is 561 Å². The molecule has 0 heterocycles. The molecule has 0 unspecified atom stereocenters. The van der Waals surface area contributed by atoms with Crippen LogP contribution in [-0.2, 0) is 0 Å². The van der Waals surface area contributed by atoms with Gasteiger partial charge in [0.1, 0.15) is 0 Å². The monoisotopic (exact) mass is 1440 g/mol. The number of phenols is 21. The van der Waals surface area contributed by atoms with Gasteiger partial charge in [-0.15, -0.1) is 0 Å². The summed E-state index contributed by atoms with van der Waals surface area (Å²) in [4.78, 5) is 71.7. The fourth-order valence-corrected chi connectivity index (χ4v) is 5.07. The van der Waals surface area contributed by atoms with E-state index in [1.807, 2.05) is 0 Å². The average Bonchev–Trinajstić information content (AvgIpc) is 3.40. The number of aromatic hydroxyl groups is 21. The van der Waals surface area contributed by atoms with Gasteiger partial charge in [0.05, 0.1) is 40.6 Å². The summed E-state index contributed by atoms with van der Waals surface area (Å²) in [5.41, 5.74) is -2.47. The van der Waals surface area contributed by atoms with E-state index in [1.54, 1.807) is 0 Å². The third-order valence-corrected chi connectivity index (χ3v) is 9.17. The molecule has 0 bridgehead atoms. The van der Waals surface area contributed by atoms with Crippen LogP contribution in [0, 0.1) is 35.6 Å². The van der Waals surface area contributed by atoms with Crippen molar-refractivity contribution in [1.29, 1.82) is 0 Å². The third-order valence-electron chi connectivity index (χ3n) is 9.17. The quantitative estimate of drug-likeness (QED) is 0.0575. The Kier molecular flexibility index (Phi) is 33.7. The number of carboxylic acids is 7. The van der Waals surface area contributed by atoms with Crippen LogP contribution in [0.15, 0.2) is 84.9 Å². The summed E-state index contributed by atoms with van der Waals surface area (Å²) >= 11 is 0. The first-order chi connectivity index (χ1) is 38.6. The summed E-state index contributed by atoms with van der Waals surface area (Å²) in [6.07, 6.45) is 0. The molecule has 38 heteroatoms. The van der Waals surface area contributed by atoms with E-state index in [0.29, 0.717) is 0 Å². The van der Waals surface area contributed by atoms with Gasteiger partial charge in [0.2, 0.25) is 0 Å². The number of carboxylic acid groups (broad SMARTS) is 7. The van der Waals surface area contributed by atoms with Gasteiger partial charge < -0.3 is 162 Å². The summed E-state index contributed by atoms with van der Waals surface area (Å²) < 4.78 is 0. The zero-order valence-electron chi connectivity index (χ0n) is 42.8. The van der Waals surface area contributed by atoms with Crippen LogP contribution in [0.4, 0.5) is 0 Å². The van der Waals surface area contributed by atoms with E-state index in [-0.39, 0.29) is 121 Å². The van der Waals surface area contributed by atoms with Crippen LogP contribution in [0.25, 0.3) is 0 Å². The predicted molar refractivity (Wildman–Crippen MR) is 270 cm³/mol. The van der Waals surface area contributed by atoms with Crippen LogP contribution in [0.1, 0.15) is 72.5 Å². The Hall–Kier alpha value is -9.93. The molecule has 1 radical (unpaired) electrons. The minimum absolute atomic E-state index is 0. The van der Waals surface area contributed by atoms with Gasteiger partial charge in [0.15, 0.2) is 121 Å². The molecule has 0 aliphatic rings. The zero-order valence-corrected chi connectivity index (χ0v) is 51.3. The topological polar surface area (TPSA) is 697 Å². The number of hydrogen-bond donors (Lipinski definition) is 24. The van der Waals surface area contributed by atoms with E-state index in [1.165, 1.54) is 0 Å². The molecule has 7 aromatic carbocycles. The van der Waals surface area contributed by atoms with E-state index in [0.717, 1.165) is 84.9 Å². The second-order valence-electron chi connectivity index (χ2n) is 15.1. The first-order valence-corrected chi connectivity index (χ1v) is 20.9. The standard InChI is InChI=1S/7C7H6O5.La.Mg.Sr/c7*8-4-1-3(7(11)12)2-5(9)6(4)10;;;/h7*1-2,8-10H,(H,11,12);;;/q;;;;;;;;2*+2/p-4. The van der Waals surface area contributed by atoms with E-state index < -0.39 is 185 Å². The SMILES string of the molecule is O=C(O)c1cc(O)c(O)c(O)c1.O=C(O)c1cc(O)c(O)c(O)c1.O=C(O)c1cc(O)c(O)c(O)c1.O=C([O-])c1cc(O)c(O)c(O)c1.O=C([O-])c1cc(O)c(O)c(O)c1.O=C([O-])c1cc(O)c(O)c(O)c1.O=C([O-])c1cc(O)c(O)c(O)c1.[La].[Mg+2].[Sr+2]. The number of hydrogen-bond acceptors (Lipinski definition) is 32. The van der Waals surface area contributed by atoms with Gasteiger partial charge in [0.25, 0.3) is 0 Å². The van der Waals surface area contributed by atoms with Gasteiger partial charge in [-0.25, -0.2) is 14.4 Å². The molecule has 451 valence electrons. The molecule has 87 heavy (non-hydrogen) atoms. The fraction of sp³-hybridized carbons (Fsp3) is 0. The van der Waals surface area contributed by atoms with Gasteiger partial charge >= 0.3 is 86.4 Å². The molecule has 24 N–H and O–H groups in total. The molecular weight excluding hydrogens is 1400 g/mol. The minimum Gasteiger partial charge on any atom is -0.545 e. The van der Waals surface area contributed by atoms with Gasteiger partial charge in [-0.05, 0) is 84.9 Å². The number of carbonyl (C=O) groups is 7. The summed E-state index contributed by atoms with van der Waals surface area (Å²) in [5, 5.41) is 251. The molecule has 0 aliphatic carbocycles. The second kappa shape index (κ2) is 36.0. The van der Waals surface area contributed by atoms with E-state index in [2.05, 4.69) is 0 Å². The van der Waals surface area contributed by atoms with Crippen molar-refractivity contribution in [3.63, 3.8) is 0 Å². The van der Waals surface area contributed by atoms with Crippen molar-refractivity contribution in [3.05, 3.63) is 124 Å². The smallest absolute Gasteiger partial charge is 0.545 e. The molecule has 7 aromatic rings. The molecule has 7 rings (SSSR count). The van der Waals surface area contributed by atoms with Gasteiger partial charge in [-0.2, -0.15) is 0 Å². The summed E-state index contributed by atoms with van der Waals surface area (Å²) in [7, 11) is 0. The van der Waals surface area contributed by atoms with Gasteiger partial charge in [-0.1, -0.05) is 0 Å². The molecular formula is C49H38LaMgO35Sr. The number of benzene rings is 7. The number of rotatable bonds is 7. The maximum Gasteiger partial charge on any atom is 2.00 e. The average molecular weight is 1440 g/mol. The Morgan fingerprint density at radius 1 is 0.218 bits per heavy atom. The fourth-order valence-electron chi connectivity index (χ4n) is 5.07. The molecule has 0 saturated heterocycles. The molecule has 0 fully saturated rings. The summed E-state index contributed by atoms with van der Waals surface area (Å²) in [6.45, 7) is 0. The summed E-state index contributed by atoms with van der Waals surface area (Å²) in [5.74, 6) is -24.8. The van der Waals surface area contributed by atoms with Crippen LogP contribution < -0.4 is 20.4 Å². The van der Waals surface area contributed by atoms with Crippen molar-refractivity contribution in [3.8, 4) is 121 Å². The Balaban J connectivity index is -0.000000941. The number of aromatic carboxylic acids is 7. The van der Waals surface area contributed by atoms with Crippen LogP contribution >= 0.6 is 0 Å². The normalized spacial score (nSPS) is 9.33. The van der Waals surface area contributed by atoms with Crippen LogP contribution in [-0.4, -0.2) is 233 Å². The Bertz CT molecular complexity index is 2840. The number of carbonyl (C=O) groups excluding carboxylic acids is 4. The van der Waals surface area contributed by atoms with E-state index in [4.69, 9.17) is 123 Å². The Morgan fingerprint density at radius 3 is 0.368 bits per heavy atom. The summed E-state index contributed by atoms with van der Waals surface area (Å²) in [6, 6.07) is 11.3. The van der Waals surface area contributed by atoms with Crippen molar-refractivity contribution in [2.45, 2.75) is 0 Å². The molecule has 0 aliphatic heterocycles. The molecule has 0 atom stereocenters. The van der Waals surface area contributed by atoms with Crippen LogP contribution in [0.5, 0.6) is 121 Å². The molecule has 0 amide bonds. The van der Waals surface area contributed by atoms with Gasteiger partial charge in [0, 0.05) is 57.9 Å². The maximum absolute atomic E-state index is 10.3. The first-order valence-electron chi connectivity index (χ1n) is 20.9. The predicted octanol–water partition coefficient (Wildman–Crippen LogP) is -2.59. The van der Waals surface area contributed by atoms with Crippen molar-refractivity contribution < 1.29 is 212 Å². The minimum atomic E-state index is -1.54. The molecule has 0 saturated carbocycles. The van der Waals surface area contributed by atoms with Crippen LogP contribution in [0.2, 0.25) is 0 Å². The van der Waals surface area contributed by atoms with E-state index >= 15 is 0 Å². The zero-order chi connectivity index (χ0) is 65.1. The molecule has 0 spiro atoms. The maximum atomic E-state index is 10.3. The van der Waals surface area contributed by atoms with Crippen LogP contribution in [0.3, 0.4) is 0 Å². The second-order valence-corrected chi connectivity index (χ2v) is 15.1. The molecule has 35 nitrogen and oxygen atoms in total. The van der Waals surface area contributed by atoms with Gasteiger partial charge in [-0.3, -0.25) is 0 Å².